The Morgan fingerprint density at radius 1 is 1.04 bits per heavy atom. The highest BCUT2D eigenvalue weighted by Crippen LogP contribution is 2.30. The van der Waals surface area contributed by atoms with E-state index in [0.29, 0.717) is 6.54 Å². The lowest BCUT2D eigenvalue weighted by Crippen LogP contribution is -2.37. The minimum atomic E-state index is -0.00394. The van der Waals surface area contributed by atoms with Crippen LogP contribution in [0.4, 0.5) is 11.4 Å². The van der Waals surface area contributed by atoms with E-state index in [1.165, 1.54) is 0 Å². The smallest absolute Gasteiger partial charge is 0.226 e. The van der Waals surface area contributed by atoms with E-state index >= 15 is 0 Å². The summed E-state index contributed by atoms with van der Waals surface area (Å²) < 4.78 is 0. The van der Waals surface area contributed by atoms with Gasteiger partial charge in [0.2, 0.25) is 5.91 Å². The molecular formula is C23H33N3O. The van der Waals surface area contributed by atoms with Gasteiger partial charge in [0, 0.05) is 37.9 Å². The summed E-state index contributed by atoms with van der Waals surface area (Å²) in [4.78, 5) is 17.5. The van der Waals surface area contributed by atoms with Gasteiger partial charge in [0.1, 0.15) is 0 Å². The molecule has 0 saturated carbocycles. The molecule has 0 fully saturated rings. The number of benzene rings is 2. The summed E-state index contributed by atoms with van der Waals surface area (Å²) in [6, 6.07) is 16.1. The van der Waals surface area contributed by atoms with Crippen LogP contribution in [0.5, 0.6) is 0 Å². The fraction of sp³-hybridized carbons (Fsp3) is 0.435. The van der Waals surface area contributed by atoms with Gasteiger partial charge in [-0.05, 0) is 49.1 Å². The Hall–Kier alpha value is -2.49. The summed E-state index contributed by atoms with van der Waals surface area (Å²) in [5.74, 6) is 0.253. The van der Waals surface area contributed by atoms with E-state index in [4.69, 9.17) is 5.73 Å². The molecule has 2 aromatic rings. The van der Waals surface area contributed by atoms with Crippen LogP contribution in [0.1, 0.15) is 50.8 Å². The van der Waals surface area contributed by atoms with Crippen LogP contribution < -0.4 is 10.6 Å². The number of rotatable bonds is 8. The zero-order valence-corrected chi connectivity index (χ0v) is 17.3. The Balaban J connectivity index is 2.44. The van der Waals surface area contributed by atoms with Crippen LogP contribution in [0.2, 0.25) is 0 Å². The van der Waals surface area contributed by atoms with Gasteiger partial charge >= 0.3 is 0 Å². The molecule has 0 radical (unpaired) electrons. The molecule has 1 amide bonds. The molecule has 2 aromatic carbocycles. The largest absolute Gasteiger partial charge is 0.399 e. The molecule has 4 nitrogen and oxygen atoms in total. The molecule has 4 heteroatoms. The van der Waals surface area contributed by atoms with Crippen molar-refractivity contribution in [1.82, 2.24) is 4.90 Å². The van der Waals surface area contributed by atoms with Gasteiger partial charge in [-0.3, -0.25) is 4.79 Å². The molecule has 0 saturated heterocycles. The lowest BCUT2D eigenvalue weighted by molar-refractivity contribution is -0.138. The first kappa shape index (κ1) is 20.8. The van der Waals surface area contributed by atoms with Gasteiger partial charge in [0.15, 0.2) is 0 Å². The fourth-order valence-electron chi connectivity index (χ4n) is 3.54. The standard InChI is InChI=1S/C23H33N3O/c1-6-18(7-2)23(27)26(17(3)19-11-9-8-10-12-19)16-20-15-21(24)13-14-22(20)25(4)5/h8-15,17-18H,6-7,16,24H2,1-5H3. The number of amides is 1. The van der Waals surface area contributed by atoms with Crippen molar-refractivity contribution >= 4 is 17.3 Å². The van der Waals surface area contributed by atoms with E-state index in [-0.39, 0.29) is 17.9 Å². The molecule has 0 aliphatic heterocycles. The number of hydrogen-bond donors (Lipinski definition) is 1. The number of nitrogens with zero attached hydrogens (tertiary/aromatic N) is 2. The Labute approximate surface area is 164 Å². The number of anilines is 2. The predicted molar refractivity (Wildman–Crippen MR) is 115 cm³/mol. The van der Waals surface area contributed by atoms with Gasteiger partial charge in [0.05, 0.1) is 6.04 Å². The Morgan fingerprint density at radius 2 is 1.67 bits per heavy atom. The third kappa shape index (κ3) is 5.03. The molecule has 2 N–H and O–H groups in total. The third-order valence-electron chi connectivity index (χ3n) is 5.29. The van der Waals surface area contributed by atoms with Crippen molar-refractivity contribution in [3.8, 4) is 0 Å². The molecule has 0 heterocycles. The predicted octanol–water partition coefficient (Wildman–Crippen LogP) is 4.86. The van der Waals surface area contributed by atoms with Crippen molar-refractivity contribution in [2.45, 2.75) is 46.2 Å². The first-order valence-corrected chi connectivity index (χ1v) is 9.80. The highest BCUT2D eigenvalue weighted by Gasteiger charge is 2.27. The van der Waals surface area contributed by atoms with Crippen LogP contribution in [0.25, 0.3) is 0 Å². The molecule has 2 rings (SSSR count). The van der Waals surface area contributed by atoms with Crippen molar-refractivity contribution < 1.29 is 4.79 Å². The summed E-state index contributed by atoms with van der Waals surface area (Å²) in [6.07, 6.45) is 1.70. The summed E-state index contributed by atoms with van der Waals surface area (Å²) in [5.41, 5.74) is 10.1. The fourth-order valence-corrected chi connectivity index (χ4v) is 3.54. The number of hydrogen-bond acceptors (Lipinski definition) is 3. The quantitative estimate of drug-likeness (QED) is 0.678. The van der Waals surface area contributed by atoms with Crippen molar-refractivity contribution in [1.29, 1.82) is 0 Å². The highest BCUT2D eigenvalue weighted by atomic mass is 16.2. The van der Waals surface area contributed by atoms with Crippen LogP contribution in [0.15, 0.2) is 48.5 Å². The van der Waals surface area contributed by atoms with E-state index in [2.05, 4.69) is 37.8 Å². The molecular weight excluding hydrogens is 334 g/mol. The molecule has 0 bridgehead atoms. The summed E-state index contributed by atoms with van der Waals surface area (Å²) in [7, 11) is 4.03. The van der Waals surface area contributed by atoms with Gasteiger partial charge in [-0.1, -0.05) is 44.2 Å². The van der Waals surface area contributed by atoms with Gasteiger partial charge in [-0.25, -0.2) is 0 Å². The minimum Gasteiger partial charge on any atom is -0.399 e. The normalized spacial score (nSPS) is 12.1. The topological polar surface area (TPSA) is 49.6 Å². The summed E-state index contributed by atoms with van der Waals surface area (Å²) in [5, 5.41) is 0. The lowest BCUT2D eigenvalue weighted by Gasteiger charge is -2.34. The van der Waals surface area contributed by atoms with Crippen LogP contribution in [-0.4, -0.2) is 24.9 Å². The van der Waals surface area contributed by atoms with E-state index < -0.39 is 0 Å². The van der Waals surface area contributed by atoms with E-state index in [9.17, 15) is 4.79 Å². The number of carbonyl (C=O) groups is 1. The number of carbonyl (C=O) groups excluding carboxylic acids is 1. The summed E-state index contributed by atoms with van der Waals surface area (Å²) in [6.45, 7) is 6.83. The second-order valence-corrected chi connectivity index (χ2v) is 7.35. The molecule has 27 heavy (non-hydrogen) atoms. The molecule has 146 valence electrons. The molecule has 0 aliphatic carbocycles. The monoisotopic (exact) mass is 367 g/mol. The molecule has 0 spiro atoms. The van der Waals surface area contributed by atoms with Crippen molar-refractivity contribution in [2.24, 2.45) is 5.92 Å². The summed E-state index contributed by atoms with van der Waals surface area (Å²) >= 11 is 0. The van der Waals surface area contributed by atoms with Crippen LogP contribution in [-0.2, 0) is 11.3 Å². The zero-order chi connectivity index (χ0) is 20.0. The first-order chi connectivity index (χ1) is 12.9. The van der Waals surface area contributed by atoms with Gasteiger partial charge in [-0.2, -0.15) is 0 Å². The maximum Gasteiger partial charge on any atom is 0.226 e. The van der Waals surface area contributed by atoms with Gasteiger partial charge < -0.3 is 15.5 Å². The maximum absolute atomic E-state index is 13.4. The second kappa shape index (κ2) is 9.45. The average molecular weight is 368 g/mol. The lowest BCUT2D eigenvalue weighted by atomic mass is 9.98. The average Bonchev–Trinajstić information content (AvgIpc) is 2.67. The Bertz CT molecular complexity index is 739. The third-order valence-corrected chi connectivity index (χ3v) is 5.29. The van der Waals surface area contributed by atoms with E-state index in [1.54, 1.807) is 0 Å². The van der Waals surface area contributed by atoms with Crippen LogP contribution in [0, 0.1) is 5.92 Å². The number of nitrogens with two attached hydrogens (primary N) is 1. The zero-order valence-electron chi connectivity index (χ0n) is 17.3. The van der Waals surface area contributed by atoms with E-state index in [1.807, 2.05) is 55.4 Å². The van der Waals surface area contributed by atoms with E-state index in [0.717, 1.165) is 35.3 Å². The molecule has 1 unspecified atom stereocenters. The molecule has 1 atom stereocenters. The van der Waals surface area contributed by atoms with Crippen molar-refractivity contribution in [3.63, 3.8) is 0 Å². The SMILES string of the molecule is CCC(CC)C(=O)N(Cc1cc(N)ccc1N(C)C)C(C)c1ccccc1. The Morgan fingerprint density at radius 3 is 2.22 bits per heavy atom. The van der Waals surface area contributed by atoms with Crippen molar-refractivity contribution in [3.05, 3.63) is 59.7 Å². The van der Waals surface area contributed by atoms with Crippen LogP contribution in [0.3, 0.4) is 0 Å². The minimum absolute atomic E-state index is 0.00394. The van der Waals surface area contributed by atoms with Gasteiger partial charge in [-0.15, -0.1) is 0 Å². The second-order valence-electron chi connectivity index (χ2n) is 7.35. The van der Waals surface area contributed by atoms with Crippen molar-refractivity contribution in [2.75, 3.05) is 24.7 Å². The number of nitrogen functional groups attached to an aromatic ring is 1. The maximum atomic E-state index is 13.4. The molecule has 0 aliphatic rings. The Kier molecular flexibility index (Phi) is 7.28. The van der Waals surface area contributed by atoms with Gasteiger partial charge in [0.25, 0.3) is 0 Å². The first-order valence-electron chi connectivity index (χ1n) is 9.80. The van der Waals surface area contributed by atoms with Crippen LogP contribution >= 0.6 is 0 Å². The molecule has 0 aromatic heterocycles. The highest BCUT2D eigenvalue weighted by molar-refractivity contribution is 5.79.